The van der Waals surface area contributed by atoms with E-state index in [1.807, 2.05) is 17.5 Å². The van der Waals surface area contributed by atoms with E-state index in [2.05, 4.69) is 5.32 Å². The number of hydrogen-bond donors (Lipinski definition) is 1. The number of thiophene rings is 1. The quantitative estimate of drug-likeness (QED) is 0.583. The van der Waals surface area contributed by atoms with Gasteiger partial charge in [-0.3, -0.25) is 9.59 Å². The molecule has 1 aromatic carbocycles. The molecule has 0 bridgehead atoms. The van der Waals surface area contributed by atoms with Gasteiger partial charge in [0.05, 0.1) is 12.8 Å². The zero-order valence-corrected chi connectivity index (χ0v) is 17.2. The van der Waals surface area contributed by atoms with Crippen LogP contribution in [0.3, 0.4) is 0 Å². The third-order valence-corrected chi connectivity index (χ3v) is 6.22. The first-order valence-corrected chi connectivity index (χ1v) is 10.9. The number of nitrogens with zero attached hydrogens (tertiary/aromatic N) is 1. The lowest BCUT2D eigenvalue weighted by molar-refractivity contribution is -0.127. The Morgan fingerprint density at radius 1 is 1.13 bits per heavy atom. The van der Waals surface area contributed by atoms with Crippen LogP contribution in [0.2, 0.25) is 0 Å². The Bertz CT molecular complexity index is 982. The Kier molecular flexibility index (Phi) is 6.28. The van der Waals surface area contributed by atoms with E-state index in [-0.39, 0.29) is 29.8 Å². The van der Waals surface area contributed by atoms with Crippen molar-refractivity contribution in [1.29, 1.82) is 0 Å². The molecule has 4 rings (SSSR count). The minimum absolute atomic E-state index is 0.0501. The molecule has 2 amide bonds. The standard InChI is InChI=1S/C23H23FN2O3S/c24-19-11-4-3-10-18(19)21(22(27)25-16-7-1-2-8-16)26(15-17-9-6-14-30-17)23(28)20-12-5-13-29-20/h3-6,9-14,16,21H,1-2,7-8,15H2,(H,25,27)/t21-/m1/s1. The van der Waals surface area contributed by atoms with Gasteiger partial charge in [-0.15, -0.1) is 11.3 Å². The van der Waals surface area contributed by atoms with Crippen LogP contribution in [0, 0.1) is 5.82 Å². The third kappa shape index (κ3) is 4.46. The Morgan fingerprint density at radius 2 is 1.93 bits per heavy atom. The van der Waals surface area contributed by atoms with Gasteiger partial charge in [0.1, 0.15) is 11.9 Å². The molecule has 1 aliphatic rings. The van der Waals surface area contributed by atoms with Crippen molar-refractivity contribution in [3.63, 3.8) is 0 Å². The van der Waals surface area contributed by atoms with Crippen molar-refractivity contribution in [2.45, 2.75) is 44.3 Å². The second-order valence-corrected chi connectivity index (χ2v) is 8.44. The van der Waals surface area contributed by atoms with Crippen LogP contribution in [-0.4, -0.2) is 22.8 Å². The number of rotatable bonds is 7. The molecule has 0 radical (unpaired) electrons. The van der Waals surface area contributed by atoms with E-state index < -0.39 is 17.8 Å². The highest BCUT2D eigenvalue weighted by Gasteiger charge is 2.36. The zero-order valence-electron chi connectivity index (χ0n) is 16.4. The lowest BCUT2D eigenvalue weighted by atomic mass is 10.0. The minimum Gasteiger partial charge on any atom is -0.459 e. The summed E-state index contributed by atoms with van der Waals surface area (Å²) in [5, 5.41) is 4.94. The highest BCUT2D eigenvalue weighted by molar-refractivity contribution is 7.09. The lowest BCUT2D eigenvalue weighted by Gasteiger charge is -2.31. The summed E-state index contributed by atoms with van der Waals surface area (Å²) in [5.41, 5.74) is 0.171. The molecule has 1 N–H and O–H groups in total. The summed E-state index contributed by atoms with van der Waals surface area (Å²) in [4.78, 5) is 29.0. The molecule has 0 saturated heterocycles. The van der Waals surface area contributed by atoms with Crippen molar-refractivity contribution in [2.24, 2.45) is 0 Å². The van der Waals surface area contributed by atoms with Crippen LogP contribution in [0.5, 0.6) is 0 Å². The maximum atomic E-state index is 14.8. The predicted molar refractivity (Wildman–Crippen MR) is 112 cm³/mol. The first-order valence-electron chi connectivity index (χ1n) is 10.0. The Labute approximate surface area is 178 Å². The molecule has 0 aliphatic heterocycles. The molecule has 1 fully saturated rings. The first-order chi connectivity index (χ1) is 14.6. The molecule has 2 heterocycles. The SMILES string of the molecule is O=C(NC1CCCC1)[C@@H](c1ccccc1F)N(Cc1cccs1)C(=O)c1ccco1. The minimum atomic E-state index is -1.11. The second kappa shape index (κ2) is 9.26. The largest absolute Gasteiger partial charge is 0.459 e. The van der Waals surface area contributed by atoms with E-state index in [4.69, 9.17) is 4.42 Å². The topological polar surface area (TPSA) is 62.6 Å². The van der Waals surface area contributed by atoms with Crippen LogP contribution in [0.4, 0.5) is 4.39 Å². The van der Waals surface area contributed by atoms with Gasteiger partial charge < -0.3 is 14.6 Å². The molecule has 3 aromatic rings. The van der Waals surface area contributed by atoms with Crippen LogP contribution in [0.15, 0.2) is 64.6 Å². The van der Waals surface area contributed by atoms with Gasteiger partial charge >= 0.3 is 0 Å². The molecule has 5 nitrogen and oxygen atoms in total. The molecule has 1 aliphatic carbocycles. The maximum Gasteiger partial charge on any atom is 0.290 e. The Hall–Kier alpha value is -2.93. The molecule has 1 saturated carbocycles. The number of amides is 2. The summed E-state index contributed by atoms with van der Waals surface area (Å²) >= 11 is 1.48. The number of nitrogens with one attached hydrogen (secondary N) is 1. The van der Waals surface area contributed by atoms with Gasteiger partial charge in [0.15, 0.2) is 5.76 Å². The van der Waals surface area contributed by atoms with Gasteiger partial charge in [-0.05, 0) is 42.5 Å². The van der Waals surface area contributed by atoms with E-state index >= 15 is 0 Å². The fraction of sp³-hybridized carbons (Fsp3) is 0.304. The van der Waals surface area contributed by atoms with Crippen LogP contribution in [0.1, 0.15) is 52.7 Å². The Morgan fingerprint density at radius 3 is 2.60 bits per heavy atom. The van der Waals surface area contributed by atoms with Gasteiger partial charge in [-0.1, -0.05) is 37.1 Å². The number of benzene rings is 1. The van der Waals surface area contributed by atoms with E-state index in [1.54, 1.807) is 30.3 Å². The van der Waals surface area contributed by atoms with Crippen LogP contribution >= 0.6 is 11.3 Å². The van der Waals surface area contributed by atoms with Crippen LogP contribution in [0.25, 0.3) is 0 Å². The molecular formula is C23H23FN2O3S. The first kappa shape index (κ1) is 20.3. The number of carbonyl (C=O) groups is 2. The smallest absolute Gasteiger partial charge is 0.290 e. The fourth-order valence-electron chi connectivity index (χ4n) is 3.89. The monoisotopic (exact) mass is 426 g/mol. The summed E-state index contributed by atoms with van der Waals surface area (Å²) in [7, 11) is 0. The normalized spacial score (nSPS) is 15.1. The average Bonchev–Trinajstić information content (AvgIpc) is 3.52. The summed E-state index contributed by atoms with van der Waals surface area (Å²) in [5.74, 6) is -1.24. The van der Waals surface area contributed by atoms with Gasteiger partial charge in [0.25, 0.3) is 5.91 Å². The zero-order chi connectivity index (χ0) is 20.9. The maximum absolute atomic E-state index is 14.8. The number of halogens is 1. The second-order valence-electron chi connectivity index (χ2n) is 7.40. The molecule has 30 heavy (non-hydrogen) atoms. The lowest BCUT2D eigenvalue weighted by Crippen LogP contribution is -2.46. The van der Waals surface area contributed by atoms with Crippen molar-refractivity contribution >= 4 is 23.2 Å². The van der Waals surface area contributed by atoms with Crippen molar-refractivity contribution in [2.75, 3.05) is 0 Å². The molecule has 0 spiro atoms. The molecule has 156 valence electrons. The summed E-state index contributed by atoms with van der Waals surface area (Å²) in [6.45, 7) is 0.175. The van der Waals surface area contributed by atoms with E-state index in [1.165, 1.54) is 28.6 Å². The molecular weight excluding hydrogens is 403 g/mol. The highest BCUT2D eigenvalue weighted by atomic mass is 32.1. The van der Waals surface area contributed by atoms with Crippen molar-refractivity contribution < 1.29 is 18.4 Å². The van der Waals surface area contributed by atoms with Crippen molar-refractivity contribution in [3.8, 4) is 0 Å². The fourth-order valence-corrected chi connectivity index (χ4v) is 4.59. The molecule has 1 atom stereocenters. The van der Waals surface area contributed by atoms with Crippen LogP contribution in [-0.2, 0) is 11.3 Å². The van der Waals surface area contributed by atoms with E-state index in [0.717, 1.165) is 30.6 Å². The van der Waals surface area contributed by atoms with E-state index in [9.17, 15) is 14.0 Å². The summed E-state index contributed by atoms with van der Waals surface area (Å²) in [6, 6.07) is 12.0. The Balaban J connectivity index is 1.74. The number of hydrogen-bond acceptors (Lipinski definition) is 4. The van der Waals surface area contributed by atoms with Crippen molar-refractivity contribution in [1.82, 2.24) is 10.2 Å². The van der Waals surface area contributed by atoms with Crippen molar-refractivity contribution in [3.05, 3.63) is 82.2 Å². The van der Waals surface area contributed by atoms with E-state index in [0.29, 0.717) is 0 Å². The summed E-state index contributed by atoms with van der Waals surface area (Å²) < 4.78 is 20.1. The molecule has 2 aromatic heterocycles. The average molecular weight is 427 g/mol. The molecule has 7 heteroatoms. The summed E-state index contributed by atoms with van der Waals surface area (Å²) in [6.07, 6.45) is 5.31. The van der Waals surface area contributed by atoms with Gasteiger partial charge in [-0.2, -0.15) is 0 Å². The number of carbonyl (C=O) groups excluding carboxylic acids is 2. The van der Waals surface area contributed by atoms with Gasteiger partial charge in [-0.25, -0.2) is 4.39 Å². The van der Waals surface area contributed by atoms with Crippen LogP contribution < -0.4 is 5.32 Å². The molecule has 0 unspecified atom stereocenters. The number of furan rings is 1. The van der Waals surface area contributed by atoms with Gasteiger partial charge in [0, 0.05) is 16.5 Å². The third-order valence-electron chi connectivity index (χ3n) is 5.36. The van der Waals surface area contributed by atoms with Gasteiger partial charge in [0.2, 0.25) is 5.91 Å². The highest BCUT2D eigenvalue weighted by Crippen LogP contribution is 2.30. The predicted octanol–water partition coefficient (Wildman–Crippen LogP) is 4.92.